The van der Waals surface area contributed by atoms with E-state index in [1.807, 2.05) is 24.3 Å². The summed E-state index contributed by atoms with van der Waals surface area (Å²) in [5.41, 5.74) is 0.826. The zero-order valence-electron chi connectivity index (χ0n) is 18.7. The van der Waals surface area contributed by atoms with Crippen LogP contribution in [0, 0.1) is 5.82 Å². The van der Waals surface area contributed by atoms with E-state index in [0.29, 0.717) is 25.9 Å². The fourth-order valence-electron chi connectivity index (χ4n) is 3.89. The summed E-state index contributed by atoms with van der Waals surface area (Å²) in [6.07, 6.45) is 1.41. The SMILES string of the molecule is CCN(CC)S(=O)(=O)c1ccc(F)c(C(=O)NC2CCN(c3ccc(OC)cc3)CC2)c1. The lowest BCUT2D eigenvalue weighted by Crippen LogP contribution is -2.45. The average Bonchev–Trinajstić information content (AvgIpc) is 2.80. The van der Waals surface area contributed by atoms with Crippen LogP contribution in [0.5, 0.6) is 5.75 Å². The topological polar surface area (TPSA) is 79.0 Å². The minimum absolute atomic E-state index is 0.0814. The zero-order valence-corrected chi connectivity index (χ0v) is 19.5. The van der Waals surface area contributed by atoms with Crippen LogP contribution >= 0.6 is 0 Å². The minimum atomic E-state index is -3.78. The highest BCUT2D eigenvalue weighted by Crippen LogP contribution is 2.24. The number of hydrogen-bond acceptors (Lipinski definition) is 5. The second-order valence-electron chi connectivity index (χ2n) is 7.66. The first kappa shape index (κ1) is 24.0. The van der Waals surface area contributed by atoms with E-state index < -0.39 is 21.7 Å². The van der Waals surface area contributed by atoms with Gasteiger partial charge in [0, 0.05) is 37.9 Å². The van der Waals surface area contributed by atoms with Crippen LogP contribution in [0.4, 0.5) is 10.1 Å². The van der Waals surface area contributed by atoms with Gasteiger partial charge in [0.25, 0.3) is 5.91 Å². The first-order chi connectivity index (χ1) is 15.3. The number of nitrogens with one attached hydrogen (secondary N) is 1. The number of methoxy groups -OCH3 is 1. The molecular formula is C23H30FN3O4S. The second kappa shape index (κ2) is 10.3. The summed E-state index contributed by atoms with van der Waals surface area (Å²) in [6.45, 7) is 5.55. The molecule has 0 unspecified atom stereocenters. The van der Waals surface area contributed by atoms with Gasteiger partial charge in [0.15, 0.2) is 0 Å². The Balaban J connectivity index is 1.66. The van der Waals surface area contributed by atoms with E-state index in [9.17, 15) is 17.6 Å². The molecule has 7 nitrogen and oxygen atoms in total. The molecule has 174 valence electrons. The van der Waals surface area contributed by atoms with Gasteiger partial charge in [-0.1, -0.05) is 13.8 Å². The lowest BCUT2D eigenvalue weighted by molar-refractivity contribution is 0.0926. The molecule has 2 aromatic carbocycles. The Labute approximate surface area is 189 Å². The van der Waals surface area contributed by atoms with Crippen LogP contribution in [0.3, 0.4) is 0 Å². The van der Waals surface area contributed by atoms with E-state index in [1.165, 1.54) is 10.4 Å². The molecule has 0 spiro atoms. The molecule has 0 radical (unpaired) electrons. The summed E-state index contributed by atoms with van der Waals surface area (Å²) in [5, 5.41) is 2.87. The van der Waals surface area contributed by atoms with Gasteiger partial charge in [0.05, 0.1) is 17.6 Å². The van der Waals surface area contributed by atoms with Crippen LogP contribution in [0.25, 0.3) is 0 Å². The molecule has 2 aromatic rings. The molecule has 1 saturated heterocycles. The Hall–Kier alpha value is -2.65. The molecular weight excluding hydrogens is 433 g/mol. The summed E-state index contributed by atoms with van der Waals surface area (Å²) >= 11 is 0. The Morgan fingerprint density at radius 3 is 2.31 bits per heavy atom. The molecule has 0 aliphatic carbocycles. The predicted octanol–water partition coefficient (Wildman–Crippen LogP) is 3.26. The molecule has 1 amide bonds. The van der Waals surface area contributed by atoms with Crippen molar-refractivity contribution >= 4 is 21.6 Å². The average molecular weight is 464 g/mol. The third-order valence-corrected chi connectivity index (χ3v) is 7.84. The molecule has 0 bridgehead atoms. The molecule has 1 aliphatic heterocycles. The maximum atomic E-state index is 14.4. The van der Waals surface area contributed by atoms with Gasteiger partial charge in [0.2, 0.25) is 10.0 Å². The number of benzene rings is 2. The highest BCUT2D eigenvalue weighted by molar-refractivity contribution is 7.89. The van der Waals surface area contributed by atoms with Crippen molar-refractivity contribution in [2.45, 2.75) is 37.6 Å². The maximum Gasteiger partial charge on any atom is 0.254 e. The predicted molar refractivity (Wildman–Crippen MR) is 122 cm³/mol. The van der Waals surface area contributed by atoms with Gasteiger partial charge in [-0.05, 0) is 55.3 Å². The van der Waals surface area contributed by atoms with Crippen LogP contribution < -0.4 is 15.0 Å². The Morgan fingerprint density at radius 2 is 1.75 bits per heavy atom. The number of carbonyl (C=O) groups excluding carboxylic acids is 1. The summed E-state index contributed by atoms with van der Waals surface area (Å²) in [5.74, 6) is -0.540. The van der Waals surface area contributed by atoms with E-state index in [-0.39, 0.29) is 16.5 Å². The lowest BCUT2D eigenvalue weighted by atomic mass is 10.0. The number of ether oxygens (including phenoxy) is 1. The molecule has 0 atom stereocenters. The van der Waals surface area contributed by atoms with Crippen LogP contribution in [0.1, 0.15) is 37.0 Å². The van der Waals surface area contributed by atoms with Gasteiger partial charge in [0.1, 0.15) is 11.6 Å². The second-order valence-corrected chi connectivity index (χ2v) is 9.60. The smallest absolute Gasteiger partial charge is 0.254 e. The number of nitrogens with zero attached hydrogens (tertiary/aromatic N) is 2. The van der Waals surface area contributed by atoms with Crippen molar-refractivity contribution in [3.63, 3.8) is 0 Å². The van der Waals surface area contributed by atoms with Crippen molar-refractivity contribution in [1.29, 1.82) is 0 Å². The van der Waals surface area contributed by atoms with Crippen molar-refractivity contribution in [2.75, 3.05) is 38.2 Å². The third kappa shape index (κ3) is 5.21. The van der Waals surface area contributed by atoms with Crippen molar-refractivity contribution in [3.05, 3.63) is 53.8 Å². The quantitative estimate of drug-likeness (QED) is 0.650. The van der Waals surface area contributed by atoms with Crippen LogP contribution in [-0.2, 0) is 10.0 Å². The van der Waals surface area contributed by atoms with Crippen molar-refractivity contribution in [1.82, 2.24) is 9.62 Å². The molecule has 3 rings (SSSR count). The van der Waals surface area contributed by atoms with E-state index >= 15 is 0 Å². The van der Waals surface area contributed by atoms with Crippen LogP contribution in [-0.4, -0.2) is 58.0 Å². The Morgan fingerprint density at radius 1 is 1.12 bits per heavy atom. The molecule has 9 heteroatoms. The summed E-state index contributed by atoms with van der Waals surface area (Å²) in [4.78, 5) is 14.9. The number of halogens is 1. The lowest BCUT2D eigenvalue weighted by Gasteiger charge is -2.34. The molecule has 1 N–H and O–H groups in total. The van der Waals surface area contributed by atoms with E-state index in [2.05, 4.69) is 10.2 Å². The van der Waals surface area contributed by atoms with Gasteiger partial charge < -0.3 is 15.0 Å². The molecule has 1 heterocycles. The first-order valence-electron chi connectivity index (χ1n) is 10.8. The standard InChI is InChI=1S/C23H30FN3O4S/c1-4-27(5-2)32(29,30)20-10-11-22(24)21(16-20)23(28)25-17-12-14-26(15-13-17)18-6-8-19(31-3)9-7-18/h6-11,16-17H,4-5,12-15H2,1-3H3,(H,25,28). The fourth-order valence-corrected chi connectivity index (χ4v) is 5.37. The zero-order chi connectivity index (χ0) is 23.3. The number of sulfonamides is 1. The number of piperidine rings is 1. The number of amides is 1. The van der Waals surface area contributed by atoms with Crippen LogP contribution in [0.15, 0.2) is 47.4 Å². The third-order valence-electron chi connectivity index (χ3n) is 5.79. The fraction of sp³-hybridized carbons (Fsp3) is 0.435. The summed E-state index contributed by atoms with van der Waals surface area (Å²) in [7, 11) is -2.15. The minimum Gasteiger partial charge on any atom is -0.497 e. The van der Waals surface area contributed by atoms with E-state index in [1.54, 1.807) is 21.0 Å². The Bertz CT molecular complexity index is 1030. The monoisotopic (exact) mass is 463 g/mol. The van der Waals surface area contributed by atoms with E-state index in [4.69, 9.17) is 4.74 Å². The largest absolute Gasteiger partial charge is 0.497 e. The maximum absolute atomic E-state index is 14.4. The molecule has 1 aliphatic rings. The Kier molecular flexibility index (Phi) is 7.73. The van der Waals surface area contributed by atoms with Crippen molar-refractivity contribution < 1.29 is 22.3 Å². The van der Waals surface area contributed by atoms with Gasteiger partial charge in [-0.2, -0.15) is 4.31 Å². The molecule has 32 heavy (non-hydrogen) atoms. The molecule has 0 saturated carbocycles. The van der Waals surface area contributed by atoms with Gasteiger partial charge in [-0.25, -0.2) is 12.8 Å². The van der Waals surface area contributed by atoms with E-state index in [0.717, 1.165) is 36.7 Å². The first-order valence-corrected chi connectivity index (χ1v) is 12.2. The number of carbonyl (C=O) groups is 1. The van der Waals surface area contributed by atoms with Crippen molar-refractivity contribution in [2.24, 2.45) is 0 Å². The number of rotatable bonds is 8. The molecule has 0 aromatic heterocycles. The summed E-state index contributed by atoms with van der Waals surface area (Å²) in [6, 6.07) is 11.1. The normalized spacial score (nSPS) is 15.1. The highest BCUT2D eigenvalue weighted by Gasteiger charge is 2.26. The van der Waals surface area contributed by atoms with Crippen LogP contribution in [0.2, 0.25) is 0 Å². The van der Waals surface area contributed by atoms with Crippen molar-refractivity contribution in [3.8, 4) is 5.75 Å². The molecule has 1 fully saturated rings. The van der Waals surface area contributed by atoms with Gasteiger partial charge in [-0.3, -0.25) is 4.79 Å². The highest BCUT2D eigenvalue weighted by atomic mass is 32.2. The number of hydrogen-bond donors (Lipinski definition) is 1. The summed E-state index contributed by atoms with van der Waals surface area (Å²) < 4.78 is 46.3. The number of anilines is 1. The van der Waals surface area contributed by atoms with Gasteiger partial charge >= 0.3 is 0 Å². The van der Waals surface area contributed by atoms with Gasteiger partial charge in [-0.15, -0.1) is 0 Å².